The van der Waals surface area contributed by atoms with Crippen molar-refractivity contribution in [2.24, 2.45) is 0 Å². The molecule has 1 atom stereocenters. The molecule has 5 heteroatoms. The fourth-order valence-corrected chi connectivity index (χ4v) is 2.18. The van der Waals surface area contributed by atoms with Crippen molar-refractivity contribution in [2.75, 3.05) is 6.54 Å². The van der Waals surface area contributed by atoms with Gasteiger partial charge in [0.1, 0.15) is 0 Å². The van der Waals surface area contributed by atoms with E-state index in [9.17, 15) is 9.59 Å². The summed E-state index contributed by atoms with van der Waals surface area (Å²) in [5.74, 6) is -0.889. The minimum atomic E-state index is -0.889. The van der Waals surface area contributed by atoms with Gasteiger partial charge in [-0.05, 0) is 18.9 Å². The van der Waals surface area contributed by atoms with Crippen molar-refractivity contribution in [3.63, 3.8) is 0 Å². The number of amides is 2. The Hall–Kier alpha value is -2.04. The van der Waals surface area contributed by atoms with Gasteiger partial charge in [-0.25, -0.2) is 4.79 Å². The van der Waals surface area contributed by atoms with Crippen LogP contribution < -0.4 is 5.32 Å². The highest BCUT2D eigenvalue weighted by atomic mass is 16.4. The molecule has 0 bridgehead atoms. The molecule has 0 aliphatic carbocycles. The van der Waals surface area contributed by atoms with Crippen LogP contribution in [0.4, 0.5) is 4.79 Å². The molecule has 5 nitrogen and oxygen atoms in total. The number of nitrogens with one attached hydrogen (secondary N) is 1. The third-order valence-corrected chi connectivity index (χ3v) is 3.27. The predicted octanol–water partition coefficient (Wildman–Crippen LogP) is 2.86. The number of carboxylic acid groups (broad SMARTS) is 1. The largest absolute Gasteiger partial charge is 0.481 e. The van der Waals surface area contributed by atoms with Gasteiger partial charge in [-0.15, -0.1) is 0 Å². The van der Waals surface area contributed by atoms with Crippen LogP contribution in [0.2, 0.25) is 0 Å². The summed E-state index contributed by atoms with van der Waals surface area (Å²) in [6, 6.07) is 9.22. The summed E-state index contributed by atoms with van der Waals surface area (Å²) in [7, 11) is 0. The van der Waals surface area contributed by atoms with E-state index in [1.807, 2.05) is 44.2 Å². The van der Waals surface area contributed by atoms with E-state index in [0.717, 1.165) is 12.0 Å². The number of hydrogen-bond donors (Lipinski definition) is 2. The second kappa shape index (κ2) is 9.00. The second-order valence-corrected chi connectivity index (χ2v) is 5.03. The van der Waals surface area contributed by atoms with E-state index in [0.29, 0.717) is 19.5 Å². The number of carboxylic acids is 1. The molecule has 0 spiro atoms. The highest BCUT2D eigenvalue weighted by Crippen LogP contribution is 2.07. The predicted molar refractivity (Wildman–Crippen MR) is 82.0 cm³/mol. The molecule has 0 aliphatic heterocycles. The smallest absolute Gasteiger partial charge is 0.317 e. The molecule has 1 unspecified atom stereocenters. The highest BCUT2D eigenvalue weighted by molar-refractivity contribution is 5.76. The molecule has 2 amide bonds. The third-order valence-electron chi connectivity index (χ3n) is 3.27. The first-order valence-electron chi connectivity index (χ1n) is 7.38. The van der Waals surface area contributed by atoms with Gasteiger partial charge in [0.25, 0.3) is 0 Å². The summed E-state index contributed by atoms with van der Waals surface area (Å²) in [6.07, 6.45) is 1.46. The summed E-state index contributed by atoms with van der Waals surface area (Å²) in [5, 5.41) is 11.7. The van der Waals surface area contributed by atoms with Crippen LogP contribution in [-0.2, 0) is 11.3 Å². The monoisotopic (exact) mass is 292 g/mol. The first-order chi connectivity index (χ1) is 10.1. The van der Waals surface area contributed by atoms with Crippen LogP contribution in [-0.4, -0.2) is 34.6 Å². The number of rotatable bonds is 8. The van der Waals surface area contributed by atoms with Gasteiger partial charge in [-0.3, -0.25) is 4.79 Å². The molecular formula is C16H24N2O3. The van der Waals surface area contributed by atoms with Crippen LogP contribution in [0.1, 0.15) is 38.7 Å². The zero-order chi connectivity index (χ0) is 15.7. The van der Waals surface area contributed by atoms with Gasteiger partial charge < -0.3 is 15.3 Å². The molecule has 0 fully saturated rings. The zero-order valence-corrected chi connectivity index (χ0v) is 12.7. The molecule has 116 valence electrons. The average Bonchev–Trinajstić information content (AvgIpc) is 2.45. The van der Waals surface area contributed by atoms with E-state index >= 15 is 0 Å². The normalized spacial score (nSPS) is 11.7. The van der Waals surface area contributed by atoms with Gasteiger partial charge in [0.15, 0.2) is 0 Å². The van der Waals surface area contributed by atoms with Crippen LogP contribution >= 0.6 is 0 Å². The van der Waals surface area contributed by atoms with Crippen molar-refractivity contribution in [1.29, 1.82) is 0 Å². The molecule has 1 aromatic rings. The minimum absolute atomic E-state index is 0.0392. The fraction of sp³-hybridized carbons (Fsp3) is 0.500. The van der Waals surface area contributed by atoms with Crippen molar-refractivity contribution >= 4 is 12.0 Å². The maximum atomic E-state index is 12.3. The number of benzene rings is 1. The number of carbonyl (C=O) groups excluding carboxylic acids is 1. The van der Waals surface area contributed by atoms with Crippen LogP contribution in [0.25, 0.3) is 0 Å². The van der Waals surface area contributed by atoms with E-state index in [1.54, 1.807) is 4.90 Å². The van der Waals surface area contributed by atoms with Gasteiger partial charge >= 0.3 is 12.0 Å². The van der Waals surface area contributed by atoms with Gasteiger partial charge in [0, 0.05) is 19.1 Å². The number of carbonyl (C=O) groups is 2. The third kappa shape index (κ3) is 6.29. The first kappa shape index (κ1) is 17.0. The summed E-state index contributed by atoms with van der Waals surface area (Å²) in [6.45, 7) is 4.98. The van der Waals surface area contributed by atoms with E-state index in [-0.39, 0.29) is 18.5 Å². The molecule has 0 aromatic heterocycles. The molecule has 0 saturated heterocycles. The maximum Gasteiger partial charge on any atom is 0.317 e. The number of aliphatic carboxylic acids is 1. The molecule has 1 rings (SSSR count). The van der Waals surface area contributed by atoms with Gasteiger partial charge in [-0.2, -0.15) is 0 Å². The minimum Gasteiger partial charge on any atom is -0.481 e. The highest BCUT2D eigenvalue weighted by Gasteiger charge is 2.18. The topological polar surface area (TPSA) is 69.6 Å². The van der Waals surface area contributed by atoms with Gasteiger partial charge in [-0.1, -0.05) is 43.7 Å². The Balaban J connectivity index is 2.62. The van der Waals surface area contributed by atoms with Crippen molar-refractivity contribution in [3.05, 3.63) is 35.9 Å². The fourth-order valence-electron chi connectivity index (χ4n) is 2.18. The van der Waals surface area contributed by atoms with Gasteiger partial charge in [0.2, 0.25) is 0 Å². The molecular weight excluding hydrogens is 268 g/mol. The number of urea groups is 1. The van der Waals surface area contributed by atoms with Crippen molar-refractivity contribution in [3.8, 4) is 0 Å². The molecule has 2 N–H and O–H groups in total. The number of nitrogens with zero attached hydrogens (tertiary/aromatic N) is 1. The van der Waals surface area contributed by atoms with Crippen molar-refractivity contribution in [1.82, 2.24) is 10.2 Å². The summed E-state index contributed by atoms with van der Waals surface area (Å²) in [4.78, 5) is 24.8. The second-order valence-electron chi connectivity index (χ2n) is 5.03. The summed E-state index contributed by atoms with van der Waals surface area (Å²) < 4.78 is 0. The Kier molecular flexibility index (Phi) is 7.29. The maximum absolute atomic E-state index is 12.3. The van der Waals surface area contributed by atoms with Gasteiger partial charge in [0.05, 0.1) is 6.42 Å². The molecule has 21 heavy (non-hydrogen) atoms. The Labute approximate surface area is 126 Å². The lowest BCUT2D eigenvalue weighted by atomic mass is 10.1. The molecule has 0 saturated carbocycles. The summed E-state index contributed by atoms with van der Waals surface area (Å²) >= 11 is 0. The SMILES string of the molecule is CCCC(CC(=O)O)NC(=O)N(CC)Cc1ccccc1. The lowest BCUT2D eigenvalue weighted by Gasteiger charge is -2.25. The molecule has 0 aliphatic rings. The quantitative estimate of drug-likeness (QED) is 0.774. The van der Waals surface area contributed by atoms with Crippen molar-refractivity contribution in [2.45, 2.75) is 45.7 Å². The Morgan fingerprint density at radius 1 is 1.24 bits per heavy atom. The number of hydrogen-bond acceptors (Lipinski definition) is 2. The van der Waals surface area contributed by atoms with E-state index in [1.165, 1.54) is 0 Å². The molecule has 1 aromatic carbocycles. The van der Waals surface area contributed by atoms with E-state index < -0.39 is 5.97 Å². The first-order valence-corrected chi connectivity index (χ1v) is 7.38. The lowest BCUT2D eigenvalue weighted by molar-refractivity contribution is -0.137. The van der Waals surface area contributed by atoms with Crippen LogP contribution in [0.5, 0.6) is 0 Å². The Bertz CT molecular complexity index is 448. The van der Waals surface area contributed by atoms with E-state index in [2.05, 4.69) is 5.32 Å². The Morgan fingerprint density at radius 2 is 1.90 bits per heavy atom. The average molecular weight is 292 g/mol. The standard InChI is InChI=1S/C16H24N2O3/c1-3-8-14(11-15(19)20)17-16(21)18(4-2)12-13-9-6-5-7-10-13/h5-7,9-10,14H,3-4,8,11-12H2,1-2H3,(H,17,21)(H,19,20). The zero-order valence-electron chi connectivity index (χ0n) is 12.7. The Morgan fingerprint density at radius 3 is 2.43 bits per heavy atom. The lowest BCUT2D eigenvalue weighted by Crippen LogP contribution is -2.45. The van der Waals surface area contributed by atoms with Crippen LogP contribution in [0.15, 0.2) is 30.3 Å². The van der Waals surface area contributed by atoms with Crippen molar-refractivity contribution < 1.29 is 14.7 Å². The summed E-state index contributed by atoms with van der Waals surface area (Å²) in [5.41, 5.74) is 1.06. The van der Waals surface area contributed by atoms with Crippen LogP contribution in [0, 0.1) is 0 Å². The molecule has 0 heterocycles. The molecule has 0 radical (unpaired) electrons. The van der Waals surface area contributed by atoms with E-state index in [4.69, 9.17) is 5.11 Å². The van der Waals surface area contributed by atoms with Crippen LogP contribution in [0.3, 0.4) is 0 Å².